The Hall–Kier alpha value is -2.74. The maximum atomic E-state index is 15.3. The number of nitrogens with one attached hydrogen (secondary N) is 2. The zero-order chi connectivity index (χ0) is 29.8. The third-order valence-electron chi connectivity index (χ3n) is 6.30. The Morgan fingerprint density at radius 1 is 1.15 bits per heavy atom. The van der Waals surface area contributed by atoms with E-state index in [1.54, 1.807) is 13.2 Å². The highest BCUT2D eigenvalue weighted by Gasteiger charge is 2.31. The second-order valence-electron chi connectivity index (χ2n) is 10.3. The second-order valence-corrected chi connectivity index (χ2v) is 13.1. The molecule has 0 spiro atoms. The molecule has 3 rings (SSSR count). The summed E-state index contributed by atoms with van der Waals surface area (Å²) in [4.78, 5) is 26.4. The summed E-state index contributed by atoms with van der Waals surface area (Å²) in [6.45, 7) is 7.28. The van der Waals surface area contributed by atoms with Crippen molar-refractivity contribution in [3.8, 4) is 11.1 Å². The summed E-state index contributed by atoms with van der Waals surface area (Å²) in [6.07, 6.45) is 2.02. The fourth-order valence-electron chi connectivity index (χ4n) is 4.08. The monoisotopic (exact) mass is 593 g/mol. The number of carbonyl (C=O) groups is 1. The quantitative estimate of drug-likeness (QED) is 0.173. The van der Waals surface area contributed by atoms with Crippen LogP contribution in [0.25, 0.3) is 11.1 Å². The number of carbonyl (C=O) groups excluding carboxylic acids is 1. The van der Waals surface area contributed by atoms with E-state index in [1.807, 2.05) is 27.7 Å². The molecule has 0 aliphatic rings. The molecule has 2 aromatic carbocycles. The largest absolute Gasteiger partial charge is 0.598 e. The number of benzene rings is 2. The molecular formula is C28H33F2N3O5S2. The van der Waals surface area contributed by atoms with Crippen molar-refractivity contribution in [1.82, 2.24) is 14.0 Å². The molecule has 1 aromatic heterocycles. The van der Waals surface area contributed by atoms with Gasteiger partial charge < -0.3 is 9.12 Å². The van der Waals surface area contributed by atoms with Gasteiger partial charge in [-0.2, -0.15) is 0 Å². The summed E-state index contributed by atoms with van der Waals surface area (Å²) in [5.41, 5.74) is 1.19. The molecule has 1 heterocycles. The van der Waals surface area contributed by atoms with Crippen molar-refractivity contribution in [1.29, 1.82) is 0 Å². The molecule has 0 aliphatic carbocycles. The smallest absolute Gasteiger partial charge is 0.250 e. The van der Waals surface area contributed by atoms with Crippen LogP contribution in [0.1, 0.15) is 67.2 Å². The third kappa shape index (κ3) is 7.71. The van der Waals surface area contributed by atoms with Crippen LogP contribution in [0.5, 0.6) is 0 Å². The van der Waals surface area contributed by atoms with E-state index in [2.05, 4.69) is 9.44 Å². The molecule has 0 bridgehead atoms. The van der Waals surface area contributed by atoms with Crippen molar-refractivity contribution in [2.45, 2.75) is 51.3 Å². The Labute approximate surface area is 237 Å². The average molecular weight is 594 g/mol. The zero-order valence-electron chi connectivity index (χ0n) is 22.9. The minimum atomic E-state index is -2.29. The van der Waals surface area contributed by atoms with E-state index >= 15 is 4.39 Å². The van der Waals surface area contributed by atoms with Crippen LogP contribution in [0.2, 0.25) is 0 Å². The van der Waals surface area contributed by atoms with Gasteiger partial charge in [-0.15, -0.1) is 4.72 Å². The van der Waals surface area contributed by atoms with Gasteiger partial charge in [0, 0.05) is 53.9 Å². The average Bonchev–Trinajstić information content (AvgIpc) is 2.88. The molecular weight excluding hydrogens is 560 g/mol. The molecule has 3 aromatic rings. The minimum Gasteiger partial charge on any atom is -0.598 e. The lowest BCUT2D eigenvalue weighted by Crippen LogP contribution is -2.41. The first kappa shape index (κ1) is 31.8. The number of hydrogen-bond acceptors (Lipinski definition) is 5. The molecule has 12 heteroatoms. The number of nitrogens with zero attached hydrogens (tertiary/aromatic N) is 1. The van der Waals surface area contributed by atoms with Gasteiger partial charge in [-0.05, 0) is 86.7 Å². The van der Waals surface area contributed by atoms with Crippen molar-refractivity contribution >= 4 is 28.4 Å². The van der Waals surface area contributed by atoms with Crippen molar-refractivity contribution in [3.63, 3.8) is 0 Å². The number of pyridine rings is 1. The van der Waals surface area contributed by atoms with Crippen LogP contribution in [-0.2, 0) is 36.1 Å². The summed E-state index contributed by atoms with van der Waals surface area (Å²) in [5, 5.41) is 0. The number of halogens is 2. The van der Waals surface area contributed by atoms with Gasteiger partial charge in [0.1, 0.15) is 16.4 Å². The van der Waals surface area contributed by atoms with E-state index in [0.29, 0.717) is 23.1 Å². The van der Waals surface area contributed by atoms with E-state index < -0.39 is 50.8 Å². The summed E-state index contributed by atoms with van der Waals surface area (Å²) >= 11 is -3.78. The fourth-order valence-corrected chi connectivity index (χ4v) is 5.26. The Morgan fingerprint density at radius 2 is 1.80 bits per heavy atom. The highest BCUT2D eigenvalue weighted by atomic mass is 32.2. The van der Waals surface area contributed by atoms with Crippen LogP contribution >= 0.6 is 0 Å². The standard InChI is InChI=1S/C28H33F2N3O5S2/c1-6-25(32-39(36)28(2,3)4)21-15-26(34)33(5)16-23(21)20-13-18(11-12-31-40(37)38)24(30)14-22(20)27(35)17-7-9-19(29)10-8-17/h7-10,13-16,25,31-32H,6,11-12H2,1-5H3,(H,37,38). The lowest BCUT2D eigenvalue weighted by molar-refractivity contribution is 0.103. The summed E-state index contributed by atoms with van der Waals surface area (Å²) in [5.74, 6) is -1.80. The first-order chi connectivity index (χ1) is 18.7. The van der Waals surface area contributed by atoms with Gasteiger partial charge in [0.2, 0.25) is 11.3 Å². The first-order valence-corrected chi connectivity index (χ1v) is 14.8. The molecule has 3 unspecified atom stereocenters. The molecule has 216 valence electrons. The summed E-state index contributed by atoms with van der Waals surface area (Å²) in [6, 6.07) is 8.29. The molecule has 0 amide bonds. The van der Waals surface area contributed by atoms with Crippen LogP contribution in [0.4, 0.5) is 8.78 Å². The van der Waals surface area contributed by atoms with Crippen LogP contribution in [0, 0.1) is 11.6 Å². The van der Waals surface area contributed by atoms with Gasteiger partial charge >= 0.3 is 0 Å². The lowest BCUT2D eigenvalue weighted by Gasteiger charge is -2.29. The molecule has 0 saturated carbocycles. The maximum absolute atomic E-state index is 15.3. The second kappa shape index (κ2) is 13.3. The highest BCUT2D eigenvalue weighted by molar-refractivity contribution is 7.90. The van der Waals surface area contributed by atoms with Gasteiger partial charge in [0.25, 0.3) is 5.56 Å². The molecule has 0 fully saturated rings. The van der Waals surface area contributed by atoms with Crippen LogP contribution in [0.15, 0.2) is 53.5 Å². The predicted molar refractivity (Wildman–Crippen MR) is 153 cm³/mol. The van der Waals surface area contributed by atoms with Gasteiger partial charge in [0.15, 0.2) is 5.78 Å². The Bertz CT molecular complexity index is 1460. The zero-order valence-corrected chi connectivity index (χ0v) is 24.6. The van der Waals surface area contributed by atoms with E-state index in [0.717, 1.165) is 18.2 Å². The predicted octanol–water partition coefficient (Wildman–Crippen LogP) is 4.33. The topological polar surface area (TPSA) is 123 Å². The fraction of sp³-hybridized carbons (Fsp3) is 0.357. The Kier molecular flexibility index (Phi) is 10.6. The van der Waals surface area contributed by atoms with Crippen LogP contribution < -0.4 is 15.0 Å². The number of aryl methyl sites for hydroxylation is 1. The third-order valence-corrected chi connectivity index (χ3v) is 8.36. The molecule has 0 aliphatic heterocycles. The van der Waals surface area contributed by atoms with E-state index in [1.165, 1.54) is 28.8 Å². The molecule has 0 radical (unpaired) electrons. The Balaban J connectivity index is 2.27. The Morgan fingerprint density at radius 3 is 2.38 bits per heavy atom. The summed E-state index contributed by atoms with van der Waals surface area (Å²) in [7, 11) is 1.55. The van der Waals surface area contributed by atoms with Gasteiger partial charge in [-0.3, -0.25) is 14.1 Å². The van der Waals surface area contributed by atoms with Crippen molar-refractivity contribution in [2.75, 3.05) is 6.54 Å². The summed E-state index contributed by atoms with van der Waals surface area (Å²) < 4.78 is 68.1. The molecule has 8 nitrogen and oxygen atoms in total. The number of rotatable bonds is 11. The van der Waals surface area contributed by atoms with Crippen LogP contribution in [-0.4, -0.2) is 35.0 Å². The number of ketones is 1. The highest BCUT2D eigenvalue weighted by Crippen LogP contribution is 2.35. The molecule has 0 saturated heterocycles. The van der Waals surface area contributed by atoms with E-state index in [-0.39, 0.29) is 35.2 Å². The van der Waals surface area contributed by atoms with Gasteiger partial charge in [-0.1, -0.05) is 6.92 Å². The van der Waals surface area contributed by atoms with Gasteiger partial charge in [0.05, 0.1) is 6.04 Å². The van der Waals surface area contributed by atoms with Gasteiger partial charge in [-0.25, -0.2) is 17.7 Å². The number of aromatic nitrogens is 1. The molecule has 3 atom stereocenters. The van der Waals surface area contributed by atoms with Crippen molar-refractivity contribution in [2.24, 2.45) is 7.05 Å². The molecule has 3 N–H and O–H groups in total. The first-order valence-electron chi connectivity index (χ1n) is 12.6. The van der Waals surface area contributed by atoms with Crippen molar-refractivity contribution < 1.29 is 26.9 Å². The minimum absolute atomic E-state index is 0.0155. The van der Waals surface area contributed by atoms with Crippen LogP contribution in [0.3, 0.4) is 0 Å². The lowest BCUT2D eigenvalue weighted by atomic mass is 9.88. The number of hydrogen-bond donors (Lipinski definition) is 3. The van der Waals surface area contributed by atoms with Crippen molar-refractivity contribution in [3.05, 3.63) is 92.9 Å². The molecule has 40 heavy (non-hydrogen) atoms. The SMILES string of the molecule is CCC(N[S+]([O-])C(C)(C)C)c1cc(=O)n(C)cc1-c1cc(CCNS(=O)O)c(F)cc1C(=O)c1ccc(F)cc1. The normalized spacial score (nSPS) is 14.1. The van der Waals surface area contributed by atoms with E-state index in [9.17, 15) is 22.7 Å². The maximum Gasteiger partial charge on any atom is 0.250 e. The van der Waals surface area contributed by atoms with E-state index in [4.69, 9.17) is 4.55 Å².